The summed E-state index contributed by atoms with van der Waals surface area (Å²) in [6.07, 6.45) is -0.975. The number of halogens is 3. The van der Waals surface area contributed by atoms with E-state index in [4.69, 9.17) is 9.47 Å². The summed E-state index contributed by atoms with van der Waals surface area (Å²) in [4.78, 5) is 2.40. The Morgan fingerprint density at radius 3 is 2.61 bits per heavy atom. The average molecular weight is 503 g/mol. The van der Waals surface area contributed by atoms with Gasteiger partial charge in [0.25, 0.3) is 0 Å². The predicted octanol–water partition coefficient (Wildman–Crippen LogP) is 3.59. The Morgan fingerprint density at radius 2 is 1.89 bits per heavy atom. The van der Waals surface area contributed by atoms with Crippen LogP contribution in [0.2, 0.25) is 0 Å². The SMILES string of the molecule is Cn1cc2cc(-c3cc(C(F)(F)F)c(N[C@H]4C[C@@H]5CN(C[C@H]6COCCO6)C[C@@H]5C4)nn3)ccc2n1. The number of rotatable bonds is 5. The maximum absolute atomic E-state index is 14.0. The van der Waals surface area contributed by atoms with Crippen LogP contribution in [0.25, 0.3) is 22.2 Å². The summed E-state index contributed by atoms with van der Waals surface area (Å²) in [5, 5.41) is 16.4. The number of aromatic nitrogens is 4. The zero-order valence-electron chi connectivity index (χ0n) is 20.0. The Hall–Kier alpha value is -2.76. The van der Waals surface area contributed by atoms with Crippen molar-refractivity contribution in [2.75, 3.05) is 44.8 Å². The number of nitrogens with zero attached hydrogens (tertiary/aromatic N) is 5. The molecule has 8 nitrogen and oxygen atoms in total. The first-order chi connectivity index (χ1) is 17.3. The van der Waals surface area contributed by atoms with Gasteiger partial charge in [-0.05, 0) is 42.9 Å². The van der Waals surface area contributed by atoms with Crippen molar-refractivity contribution in [3.05, 3.63) is 36.0 Å². The Kier molecular flexibility index (Phi) is 6.09. The van der Waals surface area contributed by atoms with Crippen LogP contribution in [0, 0.1) is 11.8 Å². The second-order valence-electron chi connectivity index (χ2n) is 10.2. The van der Waals surface area contributed by atoms with E-state index >= 15 is 0 Å². The highest BCUT2D eigenvalue weighted by Crippen LogP contribution is 2.41. The molecule has 1 N–H and O–H groups in total. The van der Waals surface area contributed by atoms with E-state index in [0.717, 1.165) is 49.4 Å². The third-order valence-electron chi connectivity index (χ3n) is 7.53. The van der Waals surface area contributed by atoms with Gasteiger partial charge >= 0.3 is 6.18 Å². The van der Waals surface area contributed by atoms with Crippen LogP contribution in [-0.4, -0.2) is 76.5 Å². The van der Waals surface area contributed by atoms with Crippen molar-refractivity contribution in [2.24, 2.45) is 18.9 Å². The minimum Gasteiger partial charge on any atom is -0.376 e. The van der Waals surface area contributed by atoms with Crippen molar-refractivity contribution in [2.45, 2.75) is 31.2 Å². The van der Waals surface area contributed by atoms with Gasteiger partial charge in [0.1, 0.15) is 5.56 Å². The van der Waals surface area contributed by atoms with Crippen LogP contribution in [0.3, 0.4) is 0 Å². The van der Waals surface area contributed by atoms with E-state index in [2.05, 4.69) is 25.5 Å². The summed E-state index contributed by atoms with van der Waals surface area (Å²) < 4.78 is 55.0. The van der Waals surface area contributed by atoms with Crippen LogP contribution >= 0.6 is 0 Å². The second-order valence-corrected chi connectivity index (χ2v) is 10.2. The first kappa shape index (κ1) is 23.6. The molecule has 0 bridgehead atoms. The fourth-order valence-corrected chi connectivity index (χ4v) is 5.95. The number of hydrogen-bond donors (Lipinski definition) is 1. The molecule has 1 aliphatic carbocycles. The van der Waals surface area contributed by atoms with Crippen molar-refractivity contribution < 1.29 is 22.6 Å². The van der Waals surface area contributed by atoms with Gasteiger partial charge in [0, 0.05) is 49.9 Å². The summed E-state index contributed by atoms with van der Waals surface area (Å²) in [6, 6.07) is 6.33. The molecule has 4 heterocycles. The number of fused-ring (bicyclic) bond motifs is 2. The van der Waals surface area contributed by atoms with Crippen LogP contribution in [0.1, 0.15) is 18.4 Å². The topological polar surface area (TPSA) is 77.3 Å². The smallest absolute Gasteiger partial charge is 0.376 e. The monoisotopic (exact) mass is 502 g/mol. The molecule has 36 heavy (non-hydrogen) atoms. The average Bonchev–Trinajstić information content (AvgIpc) is 3.50. The number of aryl methyl sites for hydroxylation is 1. The van der Waals surface area contributed by atoms with Crippen LogP contribution in [0.15, 0.2) is 30.5 Å². The maximum atomic E-state index is 14.0. The Labute approximate surface area is 206 Å². The minimum atomic E-state index is -4.54. The molecule has 3 aliphatic rings. The minimum absolute atomic E-state index is 0.0515. The molecule has 3 aromatic rings. The molecule has 0 radical (unpaired) electrons. The van der Waals surface area contributed by atoms with Gasteiger partial charge in [0.15, 0.2) is 5.82 Å². The lowest BCUT2D eigenvalue weighted by Crippen LogP contribution is -2.39. The van der Waals surface area contributed by atoms with Gasteiger partial charge in [-0.3, -0.25) is 4.68 Å². The number of ether oxygens (including phenoxy) is 2. The van der Waals surface area contributed by atoms with Gasteiger partial charge in [-0.1, -0.05) is 6.07 Å². The Morgan fingerprint density at radius 1 is 1.08 bits per heavy atom. The van der Waals surface area contributed by atoms with Crippen LogP contribution < -0.4 is 5.32 Å². The molecule has 3 fully saturated rings. The molecule has 0 spiro atoms. The summed E-state index contributed by atoms with van der Waals surface area (Å²) >= 11 is 0. The largest absolute Gasteiger partial charge is 0.420 e. The molecule has 6 rings (SSSR count). The lowest BCUT2D eigenvalue weighted by molar-refractivity contribution is -0.137. The molecule has 192 valence electrons. The Balaban J connectivity index is 1.15. The molecule has 11 heteroatoms. The van der Waals surface area contributed by atoms with Gasteiger partial charge < -0.3 is 19.7 Å². The van der Waals surface area contributed by atoms with Crippen LogP contribution in [-0.2, 0) is 22.7 Å². The van der Waals surface area contributed by atoms with Crippen molar-refractivity contribution in [3.63, 3.8) is 0 Å². The summed E-state index contributed by atoms with van der Waals surface area (Å²) in [7, 11) is 1.80. The molecule has 1 aromatic carbocycles. The van der Waals surface area contributed by atoms with E-state index in [-0.39, 0.29) is 23.7 Å². The van der Waals surface area contributed by atoms with E-state index in [1.165, 1.54) is 0 Å². The third-order valence-corrected chi connectivity index (χ3v) is 7.53. The van der Waals surface area contributed by atoms with Crippen LogP contribution in [0.5, 0.6) is 0 Å². The van der Waals surface area contributed by atoms with Gasteiger partial charge in [-0.25, -0.2) is 0 Å². The fraction of sp³-hybridized carbons (Fsp3) is 0.560. The first-order valence-corrected chi connectivity index (χ1v) is 12.4. The number of likely N-dealkylation sites (tertiary alicyclic amines) is 1. The summed E-state index contributed by atoms with van der Waals surface area (Å²) in [6.45, 7) is 4.64. The molecular formula is C25H29F3N6O2. The number of nitrogens with one attached hydrogen (secondary N) is 1. The zero-order valence-corrected chi connectivity index (χ0v) is 20.0. The summed E-state index contributed by atoms with van der Waals surface area (Å²) in [5.41, 5.74) is 0.745. The fourth-order valence-electron chi connectivity index (χ4n) is 5.95. The van der Waals surface area contributed by atoms with Crippen molar-refractivity contribution in [3.8, 4) is 11.3 Å². The molecule has 4 atom stereocenters. The molecule has 2 saturated heterocycles. The van der Waals surface area contributed by atoms with Crippen molar-refractivity contribution >= 4 is 16.7 Å². The Bertz CT molecular complexity index is 1230. The molecule has 2 aliphatic heterocycles. The lowest BCUT2D eigenvalue weighted by Gasteiger charge is -2.28. The van der Waals surface area contributed by atoms with E-state index < -0.39 is 11.7 Å². The lowest BCUT2D eigenvalue weighted by atomic mass is 10.0. The number of hydrogen-bond acceptors (Lipinski definition) is 7. The number of alkyl halides is 3. The highest BCUT2D eigenvalue weighted by atomic mass is 19.4. The molecular weight excluding hydrogens is 473 g/mol. The van der Waals surface area contributed by atoms with Gasteiger partial charge in [-0.2, -0.15) is 18.3 Å². The maximum Gasteiger partial charge on any atom is 0.420 e. The molecule has 2 aromatic heterocycles. The zero-order chi connectivity index (χ0) is 24.9. The van der Waals surface area contributed by atoms with E-state index in [9.17, 15) is 13.2 Å². The van der Waals surface area contributed by atoms with Crippen molar-refractivity contribution in [1.29, 1.82) is 0 Å². The molecule has 0 unspecified atom stereocenters. The highest BCUT2D eigenvalue weighted by Gasteiger charge is 2.43. The van der Waals surface area contributed by atoms with Gasteiger partial charge in [0.2, 0.25) is 0 Å². The highest BCUT2D eigenvalue weighted by molar-refractivity contribution is 5.83. The van der Waals surface area contributed by atoms with Gasteiger partial charge in [-0.15, -0.1) is 10.2 Å². The quantitative estimate of drug-likeness (QED) is 0.572. The molecule has 0 amide bonds. The number of anilines is 1. The standard InChI is InChI=1S/C25H29F3N6O2/c1-33-10-18-6-15(2-3-22(18)32-33)23-9-21(25(26,27)28)24(31-30-23)29-19-7-16-11-34(12-17(16)8-19)13-20-14-35-4-5-36-20/h2-3,6,9-10,16-17,19-20H,4-5,7-8,11-14H2,1H3,(H,29,31)/t16-,17+,19+,20-/m0/s1. The third kappa shape index (κ3) is 4.79. The predicted molar refractivity (Wildman–Crippen MR) is 127 cm³/mol. The van der Waals surface area contributed by atoms with Crippen molar-refractivity contribution in [1.82, 2.24) is 24.9 Å². The van der Waals surface area contributed by atoms with Crippen LogP contribution in [0.4, 0.5) is 19.0 Å². The number of benzene rings is 1. The van der Waals surface area contributed by atoms with E-state index in [1.807, 2.05) is 6.20 Å². The molecule has 1 saturated carbocycles. The van der Waals surface area contributed by atoms with Gasteiger partial charge in [0.05, 0.1) is 37.1 Å². The normalized spacial score (nSPS) is 27.0. The van der Waals surface area contributed by atoms with E-state index in [0.29, 0.717) is 37.2 Å². The summed E-state index contributed by atoms with van der Waals surface area (Å²) in [5.74, 6) is 0.725. The van der Waals surface area contributed by atoms with E-state index in [1.54, 1.807) is 29.9 Å². The second kappa shape index (κ2) is 9.28. The first-order valence-electron chi connectivity index (χ1n) is 12.4.